The van der Waals surface area contributed by atoms with Crippen LogP contribution in [0, 0.1) is 6.92 Å². The van der Waals surface area contributed by atoms with E-state index in [1.54, 1.807) is 48.3 Å². The molecule has 5 rings (SSSR count). The fourth-order valence-electron chi connectivity index (χ4n) is 3.65. The number of hydrogen-bond donors (Lipinski definition) is 1. The Kier molecular flexibility index (Phi) is 6.50. The third kappa shape index (κ3) is 4.84. The van der Waals surface area contributed by atoms with Crippen LogP contribution in [0.2, 0.25) is 10.0 Å². The molecule has 0 aliphatic rings. The van der Waals surface area contributed by atoms with Crippen LogP contribution in [0.1, 0.15) is 11.3 Å². The fraction of sp³-hybridized carbons (Fsp3) is 0.0741. The van der Waals surface area contributed by atoms with E-state index in [9.17, 15) is 4.79 Å². The zero-order chi connectivity index (χ0) is 25.2. The Bertz CT molecular complexity index is 1600. The van der Waals surface area contributed by atoms with Crippen LogP contribution >= 0.6 is 23.2 Å². The molecule has 2 heterocycles. The van der Waals surface area contributed by atoms with Crippen LogP contribution in [0.5, 0.6) is 5.75 Å². The van der Waals surface area contributed by atoms with Crippen molar-refractivity contribution < 1.29 is 13.9 Å². The number of aryl methyl sites for hydroxylation is 1. The summed E-state index contributed by atoms with van der Waals surface area (Å²) in [4.78, 5) is 14.2. The maximum Gasteiger partial charge on any atom is 0.248 e. The molecule has 7 nitrogen and oxygen atoms in total. The normalized spacial score (nSPS) is 11.3. The third-order valence-corrected chi connectivity index (χ3v) is 6.35. The number of amides is 1. The van der Waals surface area contributed by atoms with Crippen molar-refractivity contribution >= 4 is 51.9 Å². The highest BCUT2D eigenvalue weighted by Crippen LogP contribution is 2.34. The van der Waals surface area contributed by atoms with Gasteiger partial charge in [0.25, 0.3) is 0 Å². The molecule has 2 aromatic heterocycles. The number of aromatic nitrogens is 3. The summed E-state index contributed by atoms with van der Waals surface area (Å²) < 4.78 is 11.0. The summed E-state index contributed by atoms with van der Waals surface area (Å²) >= 11 is 12.4. The minimum Gasteiger partial charge on any atom is -0.497 e. The molecule has 3 aromatic carbocycles. The van der Waals surface area contributed by atoms with Crippen molar-refractivity contribution in [2.45, 2.75) is 6.92 Å². The quantitative estimate of drug-likeness (QED) is 0.246. The number of methoxy groups -OCH3 is 1. The minimum atomic E-state index is -0.307. The number of fused-ring (bicyclic) bond motifs is 1. The first-order chi connectivity index (χ1) is 17.4. The molecule has 0 saturated carbocycles. The lowest BCUT2D eigenvalue weighted by atomic mass is 10.1. The Morgan fingerprint density at radius 1 is 1.03 bits per heavy atom. The average Bonchev–Trinajstić information content (AvgIpc) is 3.52. The Balaban J connectivity index is 1.31. The molecule has 0 radical (unpaired) electrons. The molecule has 0 saturated heterocycles. The van der Waals surface area contributed by atoms with E-state index in [0.717, 1.165) is 22.5 Å². The fourth-order valence-corrected chi connectivity index (χ4v) is 4.04. The van der Waals surface area contributed by atoms with E-state index < -0.39 is 0 Å². The number of anilines is 1. The van der Waals surface area contributed by atoms with E-state index in [1.165, 1.54) is 6.08 Å². The molecular weight excluding hydrogens is 499 g/mol. The smallest absolute Gasteiger partial charge is 0.248 e. The first-order valence-electron chi connectivity index (χ1n) is 11.0. The molecule has 36 heavy (non-hydrogen) atoms. The summed E-state index contributed by atoms with van der Waals surface area (Å²) in [6, 6.07) is 20.0. The van der Waals surface area contributed by atoms with Gasteiger partial charge in [0.1, 0.15) is 28.3 Å². The van der Waals surface area contributed by atoms with Gasteiger partial charge in [-0.05, 0) is 79.2 Å². The molecule has 180 valence electrons. The van der Waals surface area contributed by atoms with Crippen LogP contribution in [-0.2, 0) is 4.79 Å². The van der Waals surface area contributed by atoms with Crippen molar-refractivity contribution in [3.63, 3.8) is 0 Å². The summed E-state index contributed by atoms with van der Waals surface area (Å²) in [5.74, 6) is 1.51. The summed E-state index contributed by atoms with van der Waals surface area (Å²) in [5, 5.41) is 12.8. The van der Waals surface area contributed by atoms with Crippen molar-refractivity contribution in [3.8, 4) is 22.8 Å². The summed E-state index contributed by atoms with van der Waals surface area (Å²) in [7, 11) is 1.62. The van der Waals surface area contributed by atoms with Gasteiger partial charge in [-0.15, -0.1) is 10.2 Å². The van der Waals surface area contributed by atoms with E-state index in [4.69, 9.17) is 32.4 Å². The number of ether oxygens (including phenoxy) is 1. The van der Waals surface area contributed by atoms with Gasteiger partial charge in [-0.3, -0.25) is 4.79 Å². The van der Waals surface area contributed by atoms with Crippen LogP contribution in [0.25, 0.3) is 34.1 Å². The van der Waals surface area contributed by atoms with Crippen molar-refractivity contribution in [1.82, 2.24) is 15.0 Å². The van der Waals surface area contributed by atoms with Gasteiger partial charge in [-0.25, -0.2) is 0 Å². The van der Waals surface area contributed by atoms with Crippen LogP contribution in [0.15, 0.2) is 77.2 Å². The number of halogens is 2. The van der Waals surface area contributed by atoms with Crippen molar-refractivity contribution in [2.75, 3.05) is 12.4 Å². The monoisotopic (exact) mass is 518 g/mol. The van der Waals surface area contributed by atoms with Crippen LogP contribution in [0.3, 0.4) is 0 Å². The Morgan fingerprint density at radius 3 is 2.53 bits per heavy atom. The van der Waals surface area contributed by atoms with Gasteiger partial charge >= 0.3 is 0 Å². The minimum absolute atomic E-state index is 0.307. The molecule has 0 bridgehead atoms. The van der Waals surface area contributed by atoms with Gasteiger partial charge in [-0.2, -0.15) is 4.80 Å². The highest BCUT2D eigenvalue weighted by atomic mass is 35.5. The number of hydrogen-bond acceptors (Lipinski definition) is 5. The van der Waals surface area contributed by atoms with Crippen molar-refractivity contribution in [2.24, 2.45) is 0 Å². The number of nitrogens with zero attached hydrogens (tertiary/aromatic N) is 3. The zero-order valence-corrected chi connectivity index (χ0v) is 20.8. The zero-order valence-electron chi connectivity index (χ0n) is 19.3. The lowest BCUT2D eigenvalue weighted by molar-refractivity contribution is -0.111. The number of carbonyl (C=O) groups excluding carboxylic acids is 1. The standard InChI is InChI=1S/C27H20Cl2N4O3/c1-16-14-23-24(32-33(31-23)17-6-8-18(35-2)9-7-17)15-22(16)30-26(34)13-11-19-10-12-25(36-19)20-4-3-5-21(28)27(20)29/h3-15H,1-2H3,(H,30,34)/b13-11+. The maximum atomic E-state index is 12.6. The highest BCUT2D eigenvalue weighted by molar-refractivity contribution is 6.43. The van der Waals surface area contributed by atoms with E-state index in [-0.39, 0.29) is 5.91 Å². The molecule has 0 unspecified atom stereocenters. The van der Waals surface area contributed by atoms with Gasteiger partial charge in [0, 0.05) is 17.3 Å². The number of furan rings is 1. The molecule has 0 atom stereocenters. The van der Waals surface area contributed by atoms with E-state index in [1.807, 2.05) is 43.3 Å². The number of nitrogens with one attached hydrogen (secondary N) is 1. The number of rotatable bonds is 6. The number of benzene rings is 3. The molecule has 0 aliphatic carbocycles. The Morgan fingerprint density at radius 2 is 1.78 bits per heavy atom. The molecule has 5 aromatic rings. The topological polar surface area (TPSA) is 82.2 Å². The van der Waals surface area contributed by atoms with Gasteiger partial charge in [0.15, 0.2) is 0 Å². The first kappa shape index (κ1) is 23.7. The van der Waals surface area contributed by atoms with Crippen LogP contribution < -0.4 is 10.1 Å². The Labute approximate surface area is 216 Å². The lowest BCUT2D eigenvalue weighted by Crippen LogP contribution is -2.08. The predicted molar refractivity (Wildman–Crippen MR) is 142 cm³/mol. The molecule has 1 amide bonds. The summed E-state index contributed by atoms with van der Waals surface area (Å²) in [6.45, 7) is 1.90. The first-order valence-corrected chi connectivity index (χ1v) is 11.7. The van der Waals surface area contributed by atoms with Crippen LogP contribution in [-0.4, -0.2) is 28.0 Å². The molecule has 0 fully saturated rings. The SMILES string of the molecule is COc1ccc(-n2nc3cc(C)c(NC(=O)/C=C/c4ccc(-c5cccc(Cl)c5Cl)o4)cc3n2)cc1. The predicted octanol–water partition coefficient (Wildman–Crippen LogP) is 6.96. The molecule has 1 N–H and O–H groups in total. The molecular formula is C27H20Cl2N4O3. The van der Waals surface area contributed by atoms with E-state index in [2.05, 4.69) is 15.5 Å². The lowest BCUT2D eigenvalue weighted by Gasteiger charge is -2.05. The van der Waals surface area contributed by atoms with Gasteiger partial charge < -0.3 is 14.5 Å². The second-order valence-electron chi connectivity index (χ2n) is 7.97. The number of carbonyl (C=O) groups is 1. The summed E-state index contributed by atoms with van der Waals surface area (Å²) in [5.41, 5.74) is 4.37. The van der Waals surface area contributed by atoms with Crippen molar-refractivity contribution in [1.29, 1.82) is 0 Å². The molecule has 9 heteroatoms. The van der Waals surface area contributed by atoms with Gasteiger partial charge in [0.05, 0.1) is 22.8 Å². The van der Waals surface area contributed by atoms with Gasteiger partial charge in [-0.1, -0.05) is 29.3 Å². The van der Waals surface area contributed by atoms with Gasteiger partial charge in [0.2, 0.25) is 5.91 Å². The third-order valence-electron chi connectivity index (χ3n) is 5.53. The summed E-state index contributed by atoms with van der Waals surface area (Å²) in [6.07, 6.45) is 2.99. The van der Waals surface area contributed by atoms with E-state index in [0.29, 0.717) is 38.3 Å². The molecule has 0 aliphatic heterocycles. The van der Waals surface area contributed by atoms with Crippen molar-refractivity contribution in [3.05, 3.63) is 94.2 Å². The van der Waals surface area contributed by atoms with E-state index >= 15 is 0 Å². The largest absolute Gasteiger partial charge is 0.497 e. The van der Waals surface area contributed by atoms with Crippen LogP contribution in [0.4, 0.5) is 5.69 Å². The average molecular weight is 519 g/mol. The highest BCUT2D eigenvalue weighted by Gasteiger charge is 2.12. The maximum absolute atomic E-state index is 12.6. The second kappa shape index (κ2) is 9.89. The molecule has 0 spiro atoms. The Hall–Kier alpha value is -4.07. The second-order valence-corrected chi connectivity index (χ2v) is 8.75.